The van der Waals surface area contributed by atoms with Crippen LogP contribution in [0, 0.1) is 27.3 Å². The molecule has 5 heterocycles. The smallest absolute Gasteiger partial charge is 0.316 e. The Labute approximate surface area is 395 Å². The summed E-state index contributed by atoms with van der Waals surface area (Å²) >= 11 is 0. The number of pyridine rings is 1. The minimum absolute atomic E-state index is 0.0128. The first-order valence-corrected chi connectivity index (χ1v) is 25.5. The van der Waals surface area contributed by atoms with Gasteiger partial charge < -0.3 is 29.2 Å². The predicted octanol–water partition coefficient (Wildman–Crippen LogP) is 9.70. The van der Waals surface area contributed by atoms with Crippen molar-refractivity contribution in [3.8, 4) is 23.0 Å². The molecule has 3 aliphatic heterocycles. The number of rotatable bonds is 12. The maximum Gasteiger partial charge on any atom is 0.316 e. The average molecular weight is 951 g/mol. The largest absolute Gasteiger partial charge is 0.486 e. The maximum absolute atomic E-state index is 14.7. The highest BCUT2D eigenvalue weighted by atomic mass is 32.2. The standard InChI is InChI=1S/C51H59FN6O9S/c1-31(2)38-7-4-5-8-39(38)43-9-6-18-57(43)34-26-51(27-34)16-19-56(20-17-51)33-10-11-40(45(22-33)66-35-23-41-42(52)29-54-48(41)53-28-35)49(59)55-68(63,64)37-24-44(58(61)62)47-46(25-37)65-30-36(67-47)21-32-12-14-50(3,60)15-13-32/h4-5,7-8,10-11,22-25,28-29,31-32,34,36,43,60H,6,9,12-21,26-27,30H2,1-3H3,(H,53,54)(H,55,59)/t32-,36-,43-,50-/m1/s1. The van der Waals surface area contributed by atoms with E-state index < -0.39 is 49.0 Å². The number of nitrogens with one attached hydrogen (secondary N) is 2. The van der Waals surface area contributed by atoms with E-state index in [0.717, 1.165) is 76.0 Å². The van der Waals surface area contributed by atoms with Crippen LogP contribution in [-0.4, -0.2) is 83.2 Å². The lowest BCUT2D eigenvalue weighted by molar-refractivity contribution is -0.386. The van der Waals surface area contributed by atoms with E-state index >= 15 is 0 Å². The van der Waals surface area contributed by atoms with Gasteiger partial charge in [-0.15, -0.1) is 0 Å². The van der Waals surface area contributed by atoms with Crippen molar-refractivity contribution in [2.75, 3.05) is 31.1 Å². The molecule has 68 heavy (non-hydrogen) atoms. The predicted molar refractivity (Wildman–Crippen MR) is 254 cm³/mol. The van der Waals surface area contributed by atoms with Crippen LogP contribution in [-0.2, 0) is 10.0 Å². The Morgan fingerprint density at radius 1 is 1.06 bits per heavy atom. The zero-order chi connectivity index (χ0) is 47.5. The number of amides is 1. The van der Waals surface area contributed by atoms with Crippen molar-refractivity contribution in [1.29, 1.82) is 0 Å². The molecule has 3 N–H and O–H groups in total. The number of aromatic amines is 1. The van der Waals surface area contributed by atoms with E-state index in [1.54, 1.807) is 12.1 Å². The Hall–Kier alpha value is -5.78. The first-order valence-electron chi connectivity index (χ1n) is 24.0. The van der Waals surface area contributed by atoms with E-state index in [-0.39, 0.29) is 51.9 Å². The molecule has 5 aromatic rings. The van der Waals surface area contributed by atoms with E-state index in [1.807, 2.05) is 6.92 Å². The molecule has 2 saturated heterocycles. The van der Waals surface area contributed by atoms with Crippen LogP contribution >= 0.6 is 0 Å². The number of aliphatic hydroxyl groups is 1. The molecule has 17 heteroatoms. The Morgan fingerprint density at radius 2 is 1.82 bits per heavy atom. The molecule has 5 aliphatic rings. The van der Waals surface area contributed by atoms with E-state index in [2.05, 4.69) is 62.6 Å². The van der Waals surface area contributed by atoms with Gasteiger partial charge in [0.2, 0.25) is 5.75 Å². The van der Waals surface area contributed by atoms with Crippen LogP contribution in [0.2, 0.25) is 0 Å². The first-order chi connectivity index (χ1) is 32.5. The molecule has 2 aliphatic carbocycles. The third kappa shape index (κ3) is 9.11. The average Bonchev–Trinajstić information content (AvgIpc) is 3.94. The van der Waals surface area contributed by atoms with Gasteiger partial charge in [0.05, 0.1) is 32.6 Å². The van der Waals surface area contributed by atoms with Crippen LogP contribution in [0.25, 0.3) is 11.0 Å². The highest BCUT2D eigenvalue weighted by Gasteiger charge is 2.50. The number of nitro benzene ring substituents is 1. The lowest BCUT2D eigenvalue weighted by Crippen LogP contribution is -2.54. The van der Waals surface area contributed by atoms with Gasteiger partial charge in [0, 0.05) is 55.3 Å². The van der Waals surface area contributed by atoms with Crippen LogP contribution in [0.1, 0.15) is 125 Å². The van der Waals surface area contributed by atoms with Crippen LogP contribution in [0.5, 0.6) is 23.0 Å². The number of nitro groups is 1. The quantitative estimate of drug-likeness (QED) is 0.0795. The number of ether oxygens (including phenoxy) is 3. The molecule has 1 amide bonds. The van der Waals surface area contributed by atoms with Gasteiger partial charge in [-0.2, -0.15) is 0 Å². The summed E-state index contributed by atoms with van der Waals surface area (Å²) in [6.45, 7) is 9.08. The highest BCUT2D eigenvalue weighted by Crippen LogP contribution is 2.54. The summed E-state index contributed by atoms with van der Waals surface area (Å²) < 4.78 is 62.9. The van der Waals surface area contributed by atoms with Gasteiger partial charge in [-0.3, -0.25) is 19.8 Å². The van der Waals surface area contributed by atoms with E-state index in [1.165, 1.54) is 48.5 Å². The van der Waals surface area contributed by atoms with Gasteiger partial charge in [0.25, 0.3) is 15.9 Å². The second-order valence-electron chi connectivity index (χ2n) is 20.4. The summed E-state index contributed by atoms with van der Waals surface area (Å²) in [6.07, 6.45) is 12.2. The fourth-order valence-electron chi connectivity index (χ4n) is 11.6. The summed E-state index contributed by atoms with van der Waals surface area (Å²) in [7, 11) is -4.74. The topological polar surface area (TPSA) is 189 Å². The highest BCUT2D eigenvalue weighted by molar-refractivity contribution is 7.90. The second-order valence-corrected chi connectivity index (χ2v) is 22.1. The van der Waals surface area contributed by atoms with Gasteiger partial charge in [0.15, 0.2) is 5.75 Å². The number of anilines is 1. The molecule has 2 saturated carbocycles. The monoisotopic (exact) mass is 950 g/mol. The van der Waals surface area contributed by atoms with Crippen molar-refractivity contribution in [1.82, 2.24) is 19.6 Å². The lowest BCUT2D eigenvalue weighted by Gasteiger charge is -2.56. The summed E-state index contributed by atoms with van der Waals surface area (Å²) in [5.74, 6) is -1.06. The third-order valence-electron chi connectivity index (χ3n) is 15.4. The molecule has 2 aromatic heterocycles. The van der Waals surface area contributed by atoms with Crippen LogP contribution < -0.4 is 23.8 Å². The summed E-state index contributed by atoms with van der Waals surface area (Å²) in [5.41, 5.74) is 2.77. The number of nitrogens with zero attached hydrogens (tertiary/aromatic N) is 4. The molecule has 10 rings (SSSR count). The number of fused-ring (bicyclic) bond motifs is 2. The number of carbonyl (C=O) groups is 1. The number of H-pyrrole nitrogens is 1. The molecular weight excluding hydrogens is 892 g/mol. The van der Waals surface area contributed by atoms with Gasteiger partial charge in [0.1, 0.15) is 35.7 Å². The number of carbonyl (C=O) groups excluding carboxylic acids is 1. The van der Waals surface area contributed by atoms with Gasteiger partial charge >= 0.3 is 5.69 Å². The molecule has 0 radical (unpaired) electrons. The molecule has 1 spiro atoms. The second kappa shape index (κ2) is 17.9. The Balaban J connectivity index is 0.853. The zero-order valence-corrected chi connectivity index (χ0v) is 39.5. The van der Waals surface area contributed by atoms with Crippen molar-refractivity contribution in [3.05, 3.63) is 106 Å². The SMILES string of the molecule is CC(C)c1ccccc1[C@H]1CCCN1C1CC2(CCN(c3ccc(C(=O)NS(=O)(=O)c4cc5c(c([N+](=O)[O-])c4)O[C@H](C[C@H]4CC[C@](C)(O)CC4)CO5)c(Oc4cnc5[nH]cc(F)c5c4)c3)CC2)C1. The molecule has 2 atom stereocenters. The normalized spacial score (nSPS) is 24.0. The number of aromatic nitrogens is 2. The Morgan fingerprint density at radius 3 is 2.57 bits per heavy atom. The third-order valence-corrected chi connectivity index (χ3v) is 16.7. The van der Waals surface area contributed by atoms with Crippen LogP contribution in [0.15, 0.2) is 78.0 Å². The Kier molecular flexibility index (Phi) is 12.1. The van der Waals surface area contributed by atoms with Gasteiger partial charge in [-0.25, -0.2) is 22.5 Å². The van der Waals surface area contributed by atoms with Crippen molar-refractivity contribution in [3.63, 3.8) is 0 Å². The van der Waals surface area contributed by atoms with E-state index in [4.69, 9.17) is 14.2 Å². The fourth-order valence-corrected chi connectivity index (χ4v) is 12.6. The van der Waals surface area contributed by atoms with Crippen LogP contribution in [0.4, 0.5) is 15.8 Å². The summed E-state index contributed by atoms with van der Waals surface area (Å²) in [4.78, 5) is 37.2. The van der Waals surface area contributed by atoms with Crippen molar-refractivity contribution in [2.45, 2.75) is 126 Å². The first kappa shape index (κ1) is 46.0. The number of benzene rings is 3. The number of hydrogen-bond acceptors (Lipinski definition) is 12. The number of hydrogen-bond donors (Lipinski definition) is 3. The number of halogens is 1. The number of piperidine rings is 1. The van der Waals surface area contributed by atoms with Crippen molar-refractivity contribution < 1.29 is 41.8 Å². The molecular formula is C51H59FN6O9S. The van der Waals surface area contributed by atoms with E-state index in [9.17, 15) is 32.8 Å². The minimum atomic E-state index is -4.74. The fraction of sp³-hybridized carbons (Fsp3) is 0.490. The molecule has 15 nitrogen and oxygen atoms in total. The minimum Gasteiger partial charge on any atom is -0.486 e. The molecule has 4 fully saturated rings. The summed E-state index contributed by atoms with van der Waals surface area (Å²) in [5, 5.41) is 22.9. The van der Waals surface area contributed by atoms with Crippen LogP contribution in [0.3, 0.4) is 0 Å². The Bertz CT molecular complexity index is 2840. The molecule has 360 valence electrons. The number of sulfonamides is 1. The van der Waals surface area contributed by atoms with Gasteiger partial charge in [-0.05, 0) is 131 Å². The molecule has 3 aromatic carbocycles. The maximum atomic E-state index is 14.7. The summed E-state index contributed by atoms with van der Waals surface area (Å²) in [6, 6.07) is 18.3. The van der Waals surface area contributed by atoms with Crippen molar-refractivity contribution >= 4 is 38.3 Å². The lowest BCUT2D eigenvalue weighted by atomic mass is 9.59. The molecule has 0 unspecified atom stereocenters. The number of likely N-dealkylation sites (tertiary alicyclic amines) is 1. The van der Waals surface area contributed by atoms with Gasteiger partial charge in [-0.1, -0.05) is 38.1 Å². The molecule has 0 bridgehead atoms. The zero-order valence-electron chi connectivity index (χ0n) is 38.7. The van der Waals surface area contributed by atoms with Crippen molar-refractivity contribution in [2.24, 2.45) is 11.3 Å². The van der Waals surface area contributed by atoms with E-state index in [0.29, 0.717) is 42.9 Å².